The smallest absolute Gasteiger partial charge is 0.253 e. The molecule has 0 saturated carbocycles. The number of carbonyl (C=O) groups excluding carboxylic acids is 1. The normalized spacial score (nSPS) is 12.2. The number of carbonyl (C=O) groups is 1. The molecule has 1 aromatic heterocycles. The lowest BCUT2D eigenvalue weighted by Crippen LogP contribution is -2.37. The van der Waals surface area contributed by atoms with Crippen LogP contribution in [0.5, 0.6) is 0 Å². The van der Waals surface area contributed by atoms with Crippen LogP contribution in [0.3, 0.4) is 0 Å². The molecule has 0 fully saturated rings. The van der Waals surface area contributed by atoms with Gasteiger partial charge in [0.15, 0.2) is 0 Å². The third kappa shape index (κ3) is 3.87. The molecule has 17 heavy (non-hydrogen) atoms. The van der Waals surface area contributed by atoms with Crippen molar-refractivity contribution in [1.82, 2.24) is 10.3 Å². The number of ether oxygens (including phenoxy) is 1. The van der Waals surface area contributed by atoms with Crippen molar-refractivity contribution in [3.63, 3.8) is 0 Å². The zero-order valence-electron chi connectivity index (χ0n) is 9.87. The Morgan fingerprint density at radius 1 is 1.71 bits per heavy atom. The molecule has 0 aliphatic heterocycles. The maximum atomic E-state index is 11.9. The predicted molar refractivity (Wildman–Crippen MR) is 67.1 cm³/mol. The molecule has 1 rings (SSSR count). The molecule has 0 radical (unpaired) electrons. The molecule has 94 valence electrons. The van der Waals surface area contributed by atoms with Crippen molar-refractivity contribution < 1.29 is 9.53 Å². The van der Waals surface area contributed by atoms with Gasteiger partial charge >= 0.3 is 0 Å². The Morgan fingerprint density at radius 3 is 3.00 bits per heavy atom. The number of nitrogens with zero attached hydrogens (tertiary/aromatic N) is 1. The summed E-state index contributed by atoms with van der Waals surface area (Å²) in [4.78, 5) is 15.7. The minimum Gasteiger partial charge on any atom is -0.384 e. The molecule has 3 N–H and O–H groups in total. The highest BCUT2D eigenvalue weighted by atomic mass is 35.5. The fourth-order valence-corrected chi connectivity index (χ4v) is 1.54. The van der Waals surface area contributed by atoms with Crippen LogP contribution in [0.25, 0.3) is 0 Å². The number of nitrogens with one attached hydrogen (secondary N) is 1. The molecule has 0 aliphatic carbocycles. The number of aromatic nitrogens is 1. The van der Waals surface area contributed by atoms with E-state index in [0.717, 1.165) is 6.42 Å². The van der Waals surface area contributed by atoms with Gasteiger partial charge in [-0.15, -0.1) is 0 Å². The number of rotatable bonds is 5. The number of hydrogen-bond acceptors (Lipinski definition) is 4. The van der Waals surface area contributed by atoms with Gasteiger partial charge < -0.3 is 15.8 Å². The minimum absolute atomic E-state index is 0.0436. The highest BCUT2D eigenvalue weighted by Gasteiger charge is 2.15. The van der Waals surface area contributed by atoms with Crippen LogP contribution in [0.1, 0.15) is 23.7 Å². The van der Waals surface area contributed by atoms with Gasteiger partial charge in [0.25, 0.3) is 5.91 Å². The van der Waals surface area contributed by atoms with E-state index in [1.807, 2.05) is 6.92 Å². The number of pyridine rings is 1. The maximum Gasteiger partial charge on any atom is 0.253 e. The second kappa shape index (κ2) is 6.42. The Labute approximate surface area is 105 Å². The van der Waals surface area contributed by atoms with Crippen molar-refractivity contribution in [3.8, 4) is 0 Å². The number of methoxy groups -OCH3 is 1. The standard InChI is InChI=1S/C11H16ClN3O2/c1-3-7(6-17-2)15-11(16)8-4-10(13)14-5-9(8)12/h4-5,7H,3,6H2,1-2H3,(H2,13,14)(H,15,16). The number of nitrogen functional groups attached to an aromatic ring is 1. The highest BCUT2D eigenvalue weighted by Crippen LogP contribution is 2.16. The van der Waals surface area contributed by atoms with E-state index in [1.54, 1.807) is 7.11 Å². The number of nitrogens with two attached hydrogens (primary N) is 1. The van der Waals surface area contributed by atoms with Crippen molar-refractivity contribution in [1.29, 1.82) is 0 Å². The summed E-state index contributed by atoms with van der Waals surface area (Å²) in [5, 5.41) is 3.10. The molecule has 1 atom stereocenters. The minimum atomic E-state index is -0.270. The zero-order chi connectivity index (χ0) is 12.8. The van der Waals surface area contributed by atoms with Gasteiger partial charge in [-0.05, 0) is 12.5 Å². The van der Waals surface area contributed by atoms with Gasteiger partial charge in [-0.2, -0.15) is 0 Å². The molecule has 0 spiro atoms. The molecule has 1 amide bonds. The van der Waals surface area contributed by atoms with Gasteiger partial charge in [-0.25, -0.2) is 4.98 Å². The van der Waals surface area contributed by atoms with Gasteiger partial charge in [-0.3, -0.25) is 4.79 Å². The predicted octanol–water partition coefficient (Wildman–Crippen LogP) is 1.47. The maximum absolute atomic E-state index is 11.9. The van der Waals surface area contributed by atoms with Crippen LogP contribution >= 0.6 is 11.6 Å². The van der Waals surface area contributed by atoms with E-state index >= 15 is 0 Å². The van der Waals surface area contributed by atoms with E-state index in [9.17, 15) is 4.79 Å². The van der Waals surface area contributed by atoms with Crippen LogP contribution in [0.4, 0.5) is 5.82 Å². The fourth-order valence-electron chi connectivity index (χ4n) is 1.35. The van der Waals surface area contributed by atoms with Crippen molar-refractivity contribution >= 4 is 23.3 Å². The summed E-state index contributed by atoms with van der Waals surface area (Å²) in [6, 6.07) is 1.41. The van der Waals surface area contributed by atoms with Crippen LogP contribution < -0.4 is 11.1 Å². The van der Waals surface area contributed by atoms with E-state index in [0.29, 0.717) is 12.2 Å². The molecular formula is C11H16ClN3O2. The first-order chi connectivity index (χ1) is 8.08. The summed E-state index contributed by atoms with van der Waals surface area (Å²) >= 11 is 5.88. The second-order valence-electron chi connectivity index (χ2n) is 3.62. The lowest BCUT2D eigenvalue weighted by atomic mass is 10.2. The lowest BCUT2D eigenvalue weighted by molar-refractivity contribution is 0.0894. The van der Waals surface area contributed by atoms with Crippen LogP contribution in [-0.4, -0.2) is 30.6 Å². The first-order valence-electron chi connectivity index (χ1n) is 5.29. The van der Waals surface area contributed by atoms with Gasteiger partial charge in [-0.1, -0.05) is 18.5 Å². The number of hydrogen-bond donors (Lipinski definition) is 2. The van der Waals surface area contributed by atoms with E-state index in [1.165, 1.54) is 12.3 Å². The van der Waals surface area contributed by atoms with Crippen LogP contribution in [0, 0.1) is 0 Å². The molecule has 0 saturated heterocycles. The van der Waals surface area contributed by atoms with E-state index < -0.39 is 0 Å². The molecule has 0 aliphatic rings. The molecular weight excluding hydrogens is 242 g/mol. The van der Waals surface area contributed by atoms with Crippen molar-refractivity contribution in [2.75, 3.05) is 19.5 Å². The summed E-state index contributed by atoms with van der Waals surface area (Å²) in [7, 11) is 1.59. The summed E-state index contributed by atoms with van der Waals surface area (Å²) in [6.45, 7) is 2.42. The molecule has 5 nitrogen and oxygen atoms in total. The van der Waals surface area contributed by atoms with Gasteiger partial charge in [0, 0.05) is 13.3 Å². The Kier molecular flexibility index (Phi) is 5.18. The first-order valence-corrected chi connectivity index (χ1v) is 5.67. The van der Waals surface area contributed by atoms with Crippen LogP contribution in [-0.2, 0) is 4.74 Å². The largest absolute Gasteiger partial charge is 0.384 e. The summed E-state index contributed by atoms with van der Waals surface area (Å²) in [5.41, 5.74) is 5.84. The SMILES string of the molecule is CCC(COC)NC(=O)c1cc(N)ncc1Cl. The van der Waals surface area contributed by atoms with Crippen molar-refractivity contribution in [2.24, 2.45) is 0 Å². The molecule has 0 aromatic carbocycles. The Hall–Kier alpha value is -1.33. The van der Waals surface area contributed by atoms with Gasteiger partial charge in [0.2, 0.25) is 0 Å². The molecule has 1 heterocycles. The number of anilines is 1. The summed E-state index contributed by atoms with van der Waals surface area (Å²) in [6.07, 6.45) is 2.14. The van der Waals surface area contributed by atoms with Crippen molar-refractivity contribution in [2.45, 2.75) is 19.4 Å². The molecule has 1 unspecified atom stereocenters. The number of halogens is 1. The van der Waals surface area contributed by atoms with E-state index in [2.05, 4.69) is 10.3 Å². The Balaban J connectivity index is 2.78. The molecule has 0 bridgehead atoms. The van der Waals surface area contributed by atoms with E-state index in [4.69, 9.17) is 22.1 Å². The third-order valence-electron chi connectivity index (χ3n) is 2.32. The number of amides is 1. The second-order valence-corrected chi connectivity index (χ2v) is 4.03. The van der Waals surface area contributed by atoms with E-state index in [-0.39, 0.29) is 22.8 Å². The average molecular weight is 258 g/mol. The first kappa shape index (κ1) is 13.7. The lowest BCUT2D eigenvalue weighted by Gasteiger charge is -2.16. The Bertz CT molecular complexity index is 398. The zero-order valence-corrected chi connectivity index (χ0v) is 10.6. The quantitative estimate of drug-likeness (QED) is 0.838. The molecule has 6 heteroatoms. The van der Waals surface area contributed by atoms with Crippen LogP contribution in [0.15, 0.2) is 12.3 Å². The van der Waals surface area contributed by atoms with Gasteiger partial charge in [0.05, 0.1) is 23.2 Å². The monoisotopic (exact) mass is 257 g/mol. The molecule has 1 aromatic rings. The average Bonchev–Trinajstić information content (AvgIpc) is 2.31. The summed E-state index contributed by atoms with van der Waals surface area (Å²) < 4.78 is 5.00. The fraction of sp³-hybridized carbons (Fsp3) is 0.455. The Morgan fingerprint density at radius 2 is 2.41 bits per heavy atom. The third-order valence-corrected chi connectivity index (χ3v) is 2.62. The topological polar surface area (TPSA) is 77.2 Å². The summed E-state index contributed by atoms with van der Waals surface area (Å²) in [5.74, 6) is -0.00709. The highest BCUT2D eigenvalue weighted by molar-refractivity contribution is 6.33. The van der Waals surface area contributed by atoms with Gasteiger partial charge in [0.1, 0.15) is 5.82 Å². The van der Waals surface area contributed by atoms with Crippen molar-refractivity contribution in [3.05, 3.63) is 22.8 Å². The van der Waals surface area contributed by atoms with Crippen LogP contribution in [0.2, 0.25) is 5.02 Å².